The van der Waals surface area contributed by atoms with Crippen LogP contribution in [0.5, 0.6) is 0 Å². The van der Waals surface area contributed by atoms with Gasteiger partial charge in [-0.25, -0.2) is 0 Å². The van der Waals surface area contributed by atoms with E-state index in [4.69, 9.17) is 0 Å². The first-order chi connectivity index (χ1) is 6.64. The Labute approximate surface area is 90.4 Å². The summed E-state index contributed by atoms with van der Waals surface area (Å²) in [5, 5.41) is 2.47. The smallest absolute Gasteiger partial charge is 0.308 e. The summed E-state index contributed by atoms with van der Waals surface area (Å²) >= 11 is 0. The van der Waals surface area contributed by atoms with E-state index in [2.05, 4.69) is 26.1 Å². The second-order valence-corrected chi connectivity index (χ2v) is 5.29. The summed E-state index contributed by atoms with van der Waals surface area (Å²) in [7, 11) is 0. The van der Waals surface area contributed by atoms with Gasteiger partial charge in [-0.15, -0.1) is 0 Å². The molecule has 1 unspecified atom stereocenters. The van der Waals surface area contributed by atoms with Crippen molar-refractivity contribution in [3.8, 4) is 0 Å². The van der Waals surface area contributed by atoms with Crippen LogP contribution in [0.25, 0.3) is 0 Å². The Kier molecular flexibility index (Phi) is 5.63. The Morgan fingerprint density at radius 2 is 1.67 bits per heavy atom. The molecule has 0 aliphatic carbocycles. The van der Waals surface area contributed by atoms with Crippen molar-refractivity contribution in [2.45, 2.75) is 46.7 Å². The maximum absolute atomic E-state index is 11.9. The number of hydrogen-bond donors (Lipinski definition) is 1. The molecule has 1 N–H and O–H groups in total. The minimum absolute atomic E-state index is 0.181. The molecule has 1 nitrogen and oxygen atoms in total. The molecule has 4 heteroatoms. The van der Waals surface area contributed by atoms with Gasteiger partial charge in [-0.2, -0.15) is 13.2 Å². The fourth-order valence-corrected chi connectivity index (χ4v) is 1.64. The second-order valence-electron chi connectivity index (χ2n) is 5.29. The lowest BCUT2D eigenvalue weighted by atomic mass is 9.83. The van der Waals surface area contributed by atoms with Gasteiger partial charge < -0.3 is 5.32 Å². The third kappa shape index (κ3) is 10.0. The summed E-state index contributed by atoms with van der Waals surface area (Å²) in [6.07, 6.45) is -2.23. The van der Waals surface area contributed by atoms with E-state index in [1.807, 2.05) is 6.92 Å². The molecule has 0 aromatic carbocycles. The molecule has 0 aromatic rings. The van der Waals surface area contributed by atoms with Crippen molar-refractivity contribution in [2.24, 2.45) is 11.3 Å². The average Bonchev–Trinajstić information content (AvgIpc) is 1.97. The molecule has 0 bridgehead atoms. The van der Waals surface area contributed by atoms with Crippen LogP contribution in [0.4, 0.5) is 13.2 Å². The summed E-state index contributed by atoms with van der Waals surface area (Å²) in [5.41, 5.74) is 0.181. The van der Waals surface area contributed by atoms with Crippen molar-refractivity contribution in [1.82, 2.24) is 5.32 Å². The Morgan fingerprint density at radius 3 is 2.00 bits per heavy atom. The molecule has 0 heterocycles. The van der Waals surface area contributed by atoms with Crippen molar-refractivity contribution >= 4 is 0 Å². The first-order valence-electron chi connectivity index (χ1n) is 5.41. The topological polar surface area (TPSA) is 12.0 Å². The van der Waals surface area contributed by atoms with Gasteiger partial charge in [0.15, 0.2) is 0 Å². The van der Waals surface area contributed by atoms with Crippen LogP contribution in [0.1, 0.15) is 40.5 Å². The standard InChI is InChI=1S/C11H22F3N/c1-5-9(6-10(2,3)4)7-15-8-11(12,13)14/h9,15H,5-8H2,1-4H3. The molecule has 0 fully saturated rings. The highest BCUT2D eigenvalue weighted by atomic mass is 19.4. The van der Waals surface area contributed by atoms with Crippen molar-refractivity contribution in [3.05, 3.63) is 0 Å². The van der Waals surface area contributed by atoms with Gasteiger partial charge in [0, 0.05) is 0 Å². The van der Waals surface area contributed by atoms with Crippen molar-refractivity contribution < 1.29 is 13.2 Å². The van der Waals surface area contributed by atoms with Gasteiger partial charge in [-0.1, -0.05) is 34.1 Å². The van der Waals surface area contributed by atoms with Crippen LogP contribution in [0.2, 0.25) is 0 Å². The van der Waals surface area contributed by atoms with E-state index in [0.717, 1.165) is 12.8 Å². The highest BCUT2D eigenvalue weighted by Crippen LogP contribution is 2.25. The van der Waals surface area contributed by atoms with Crippen LogP contribution in [-0.2, 0) is 0 Å². The zero-order valence-corrected chi connectivity index (χ0v) is 10.0. The average molecular weight is 225 g/mol. The molecule has 0 aliphatic heterocycles. The number of alkyl halides is 3. The molecule has 0 amide bonds. The molecule has 0 saturated carbocycles. The Balaban J connectivity index is 3.82. The largest absolute Gasteiger partial charge is 0.401 e. The molecule has 1 atom stereocenters. The molecule has 0 aromatic heterocycles. The Bertz CT molecular complexity index is 170. The van der Waals surface area contributed by atoms with E-state index in [1.54, 1.807) is 0 Å². The summed E-state index contributed by atoms with van der Waals surface area (Å²) in [4.78, 5) is 0. The van der Waals surface area contributed by atoms with E-state index in [-0.39, 0.29) is 5.41 Å². The number of halogens is 3. The maximum atomic E-state index is 11.9. The fraction of sp³-hybridized carbons (Fsp3) is 1.00. The maximum Gasteiger partial charge on any atom is 0.401 e. The predicted octanol–water partition coefficient (Wildman–Crippen LogP) is 3.60. The molecule has 0 spiro atoms. The number of hydrogen-bond acceptors (Lipinski definition) is 1. The van der Waals surface area contributed by atoms with Crippen molar-refractivity contribution in [3.63, 3.8) is 0 Å². The highest BCUT2D eigenvalue weighted by Gasteiger charge is 2.27. The number of nitrogens with one attached hydrogen (secondary N) is 1. The lowest BCUT2D eigenvalue weighted by Crippen LogP contribution is -2.33. The van der Waals surface area contributed by atoms with E-state index < -0.39 is 12.7 Å². The first kappa shape index (κ1) is 14.8. The summed E-state index contributed by atoms with van der Waals surface area (Å²) in [6.45, 7) is 7.92. The third-order valence-corrected chi connectivity index (χ3v) is 2.24. The summed E-state index contributed by atoms with van der Waals surface area (Å²) in [6, 6.07) is 0. The molecular formula is C11H22F3N. The van der Waals surface area contributed by atoms with E-state index >= 15 is 0 Å². The quantitative estimate of drug-likeness (QED) is 0.753. The zero-order chi connectivity index (χ0) is 12.1. The SMILES string of the molecule is CCC(CNCC(F)(F)F)CC(C)(C)C. The first-order valence-corrected chi connectivity index (χ1v) is 5.41. The Hall–Kier alpha value is -0.250. The molecule has 0 aliphatic rings. The van der Waals surface area contributed by atoms with Gasteiger partial charge in [0.25, 0.3) is 0 Å². The molecule has 0 rings (SSSR count). The lowest BCUT2D eigenvalue weighted by molar-refractivity contribution is -0.125. The minimum atomic E-state index is -4.10. The Morgan fingerprint density at radius 1 is 1.13 bits per heavy atom. The molecule has 15 heavy (non-hydrogen) atoms. The van der Waals surface area contributed by atoms with Gasteiger partial charge >= 0.3 is 6.18 Å². The summed E-state index contributed by atoms with van der Waals surface area (Å²) in [5.74, 6) is 0.326. The van der Waals surface area contributed by atoms with Crippen LogP contribution in [0.15, 0.2) is 0 Å². The molecule has 92 valence electrons. The fourth-order valence-electron chi connectivity index (χ4n) is 1.64. The van der Waals surface area contributed by atoms with Crippen molar-refractivity contribution in [1.29, 1.82) is 0 Å². The van der Waals surface area contributed by atoms with Gasteiger partial charge in [0.2, 0.25) is 0 Å². The lowest BCUT2D eigenvalue weighted by Gasteiger charge is -2.25. The minimum Gasteiger partial charge on any atom is -0.308 e. The van der Waals surface area contributed by atoms with Crippen LogP contribution in [-0.4, -0.2) is 19.3 Å². The van der Waals surface area contributed by atoms with Gasteiger partial charge in [0.1, 0.15) is 0 Å². The van der Waals surface area contributed by atoms with Crippen LogP contribution >= 0.6 is 0 Å². The van der Waals surface area contributed by atoms with Crippen LogP contribution < -0.4 is 5.32 Å². The van der Waals surface area contributed by atoms with Crippen molar-refractivity contribution in [2.75, 3.05) is 13.1 Å². The van der Waals surface area contributed by atoms with E-state index in [9.17, 15) is 13.2 Å². The normalized spacial score (nSPS) is 15.4. The number of rotatable bonds is 5. The van der Waals surface area contributed by atoms with Gasteiger partial charge in [-0.05, 0) is 24.3 Å². The monoisotopic (exact) mass is 225 g/mol. The van der Waals surface area contributed by atoms with Crippen LogP contribution in [0, 0.1) is 11.3 Å². The zero-order valence-electron chi connectivity index (χ0n) is 10.0. The third-order valence-electron chi connectivity index (χ3n) is 2.24. The second kappa shape index (κ2) is 5.73. The van der Waals surface area contributed by atoms with Crippen LogP contribution in [0.3, 0.4) is 0 Å². The summed E-state index contributed by atoms with van der Waals surface area (Å²) < 4.78 is 35.7. The van der Waals surface area contributed by atoms with Gasteiger partial charge in [0.05, 0.1) is 6.54 Å². The van der Waals surface area contributed by atoms with E-state index in [0.29, 0.717) is 12.5 Å². The highest BCUT2D eigenvalue weighted by molar-refractivity contribution is 4.71. The van der Waals surface area contributed by atoms with E-state index in [1.165, 1.54) is 0 Å². The molecule has 0 radical (unpaired) electrons. The van der Waals surface area contributed by atoms with Gasteiger partial charge in [-0.3, -0.25) is 0 Å². The molecule has 0 saturated heterocycles. The molecular weight excluding hydrogens is 203 g/mol. The predicted molar refractivity (Wildman–Crippen MR) is 56.8 cm³/mol.